The number of phenols is 1. The third kappa shape index (κ3) is 5.86. The van der Waals surface area contributed by atoms with Crippen LogP contribution in [-0.4, -0.2) is 39.3 Å². The highest BCUT2D eigenvalue weighted by Crippen LogP contribution is 2.26. The Labute approximate surface area is 191 Å². The summed E-state index contributed by atoms with van der Waals surface area (Å²) in [5.41, 5.74) is 3.81. The van der Waals surface area contributed by atoms with E-state index < -0.39 is 28.3 Å². The van der Waals surface area contributed by atoms with Gasteiger partial charge in [-0.25, -0.2) is 18.2 Å². The first-order chi connectivity index (χ1) is 15.7. The third-order valence-electron chi connectivity index (χ3n) is 4.62. The molecule has 8 nitrogen and oxygen atoms in total. The van der Waals surface area contributed by atoms with Gasteiger partial charge in [-0.3, -0.25) is 9.10 Å². The quantitative estimate of drug-likeness (QED) is 0.388. The van der Waals surface area contributed by atoms with Gasteiger partial charge in [0.15, 0.2) is 11.5 Å². The molecule has 0 radical (unpaired) electrons. The number of benzene rings is 3. The molecule has 2 N–H and O–H groups in total. The molecular formula is C23H22FN3O5S. The maximum Gasteiger partial charge on any atom is 0.264 e. The molecule has 0 aliphatic heterocycles. The van der Waals surface area contributed by atoms with Gasteiger partial charge in [0.05, 0.1) is 23.9 Å². The van der Waals surface area contributed by atoms with Crippen LogP contribution in [0.2, 0.25) is 0 Å². The smallest absolute Gasteiger partial charge is 0.264 e. The van der Waals surface area contributed by atoms with Crippen LogP contribution in [0.3, 0.4) is 0 Å². The topological polar surface area (TPSA) is 108 Å². The third-order valence-corrected chi connectivity index (χ3v) is 6.41. The molecule has 33 heavy (non-hydrogen) atoms. The van der Waals surface area contributed by atoms with Crippen molar-refractivity contribution in [2.45, 2.75) is 11.8 Å². The number of halogens is 1. The number of methoxy groups -OCH3 is 1. The van der Waals surface area contributed by atoms with E-state index in [-0.39, 0.29) is 22.1 Å². The Bertz CT molecular complexity index is 1260. The Hall–Kier alpha value is -3.92. The molecule has 3 rings (SSSR count). The molecule has 0 heterocycles. The molecule has 172 valence electrons. The number of ether oxygens (including phenoxy) is 1. The van der Waals surface area contributed by atoms with Gasteiger partial charge < -0.3 is 9.84 Å². The molecule has 1 amide bonds. The van der Waals surface area contributed by atoms with Crippen LogP contribution in [0.15, 0.2) is 76.7 Å². The zero-order chi connectivity index (χ0) is 24.0. The predicted molar refractivity (Wildman–Crippen MR) is 123 cm³/mol. The van der Waals surface area contributed by atoms with Gasteiger partial charge in [-0.05, 0) is 67.1 Å². The Kier molecular flexibility index (Phi) is 7.29. The molecule has 0 saturated carbocycles. The number of carbonyl (C=O) groups is 1. The number of carbonyl (C=O) groups excluding carboxylic acids is 1. The van der Waals surface area contributed by atoms with E-state index in [1.165, 1.54) is 49.7 Å². The number of rotatable bonds is 8. The first-order valence-corrected chi connectivity index (χ1v) is 11.2. The van der Waals surface area contributed by atoms with Crippen molar-refractivity contribution in [2.24, 2.45) is 5.10 Å². The lowest BCUT2D eigenvalue weighted by Gasteiger charge is -2.23. The second-order valence-corrected chi connectivity index (χ2v) is 8.89. The fourth-order valence-corrected chi connectivity index (χ4v) is 4.30. The largest absolute Gasteiger partial charge is 0.504 e. The average Bonchev–Trinajstić information content (AvgIpc) is 2.79. The predicted octanol–water partition coefficient (Wildman–Crippen LogP) is 3.19. The highest BCUT2D eigenvalue weighted by Gasteiger charge is 2.27. The SMILES string of the molecule is COc1cc(/C=N\NC(=O)CN(c2ccc(F)cc2)S(=O)(=O)c2ccc(C)cc2)ccc1O. The van der Waals surface area contributed by atoms with Crippen LogP contribution in [0.5, 0.6) is 11.5 Å². The van der Waals surface area contributed by atoms with Gasteiger partial charge >= 0.3 is 0 Å². The number of amides is 1. The van der Waals surface area contributed by atoms with E-state index in [1.54, 1.807) is 18.2 Å². The van der Waals surface area contributed by atoms with Crippen molar-refractivity contribution in [3.63, 3.8) is 0 Å². The molecule has 0 spiro atoms. The number of nitrogens with zero attached hydrogens (tertiary/aromatic N) is 2. The molecule has 0 aromatic heterocycles. The van der Waals surface area contributed by atoms with E-state index in [1.807, 2.05) is 6.92 Å². The van der Waals surface area contributed by atoms with Gasteiger partial charge in [0.25, 0.3) is 15.9 Å². The minimum absolute atomic E-state index is 0.00934. The number of phenolic OH excluding ortho intramolecular Hbond substituents is 1. The number of hydrogen-bond acceptors (Lipinski definition) is 6. The summed E-state index contributed by atoms with van der Waals surface area (Å²) < 4.78 is 45.8. The number of aromatic hydroxyl groups is 1. The first-order valence-electron chi connectivity index (χ1n) is 9.74. The van der Waals surface area contributed by atoms with Crippen molar-refractivity contribution in [3.05, 3.63) is 83.7 Å². The standard InChI is InChI=1S/C23H22FN3O5S/c1-16-3-10-20(11-4-16)33(30,31)27(19-8-6-18(24)7-9-19)15-23(29)26-25-14-17-5-12-21(28)22(13-17)32-2/h3-14,28H,15H2,1-2H3,(H,26,29)/b25-14-. The Morgan fingerprint density at radius 2 is 1.79 bits per heavy atom. The minimum atomic E-state index is -4.12. The van der Waals surface area contributed by atoms with Crippen LogP contribution in [0.25, 0.3) is 0 Å². The van der Waals surface area contributed by atoms with Crippen molar-refractivity contribution < 1.29 is 27.4 Å². The normalized spacial score (nSPS) is 11.4. The van der Waals surface area contributed by atoms with Gasteiger partial charge in [0.1, 0.15) is 12.4 Å². The van der Waals surface area contributed by atoms with Gasteiger partial charge in [-0.2, -0.15) is 5.10 Å². The molecule has 3 aromatic carbocycles. The number of anilines is 1. The second kappa shape index (κ2) is 10.1. The van der Waals surface area contributed by atoms with E-state index in [0.717, 1.165) is 22.0 Å². The van der Waals surface area contributed by atoms with Crippen LogP contribution in [0, 0.1) is 12.7 Å². The molecule has 3 aromatic rings. The number of sulfonamides is 1. The van der Waals surface area contributed by atoms with E-state index in [0.29, 0.717) is 5.56 Å². The Balaban J connectivity index is 1.82. The second-order valence-electron chi connectivity index (χ2n) is 7.03. The Morgan fingerprint density at radius 1 is 1.12 bits per heavy atom. The summed E-state index contributed by atoms with van der Waals surface area (Å²) in [4.78, 5) is 12.5. The monoisotopic (exact) mass is 471 g/mol. The lowest BCUT2D eigenvalue weighted by atomic mass is 10.2. The fraction of sp³-hybridized carbons (Fsp3) is 0.130. The van der Waals surface area contributed by atoms with Crippen LogP contribution in [-0.2, 0) is 14.8 Å². The van der Waals surface area contributed by atoms with Crippen LogP contribution in [0.1, 0.15) is 11.1 Å². The van der Waals surface area contributed by atoms with Crippen molar-refractivity contribution in [3.8, 4) is 11.5 Å². The first kappa shape index (κ1) is 23.7. The highest BCUT2D eigenvalue weighted by atomic mass is 32.2. The summed E-state index contributed by atoms with van der Waals surface area (Å²) >= 11 is 0. The van der Waals surface area contributed by atoms with Crippen molar-refractivity contribution in [1.29, 1.82) is 0 Å². The van der Waals surface area contributed by atoms with Crippen molar-refractivity contribution >= 4 is 27.8 Å². The van der Waals surface area contributed by atoms with Gasteiger partial charge in [0.2, 0.25) is 0 Å². The zero-order valence-electron chi connectivity index (χ0n) is 17.9. The number of aryl methyl sites for hydroxylation is 1. The summed E-state index contributed by atoms with van der Waals surface area (Å²) in [5, 5.41) is 13.5. The van der Waals surface area contributed by atoms with E-state index >= 15 is 0 Å². The summed E-state index contributed by atoms with van der Waals surface area (Å²) in [6.45, 7) is 1.24. The molecular weight excluding hydrogens is 449 g/mol. The van der Waals surface area contributed by atoms with Crippen molar-refractivity contribution in [1.82, 2.24) is 5.43 Å². The average molecular weight is 472 g/mol. The summed E-state index contributed by atoms with van der Waals surface area (Å²) in [7, 11) is -2.72. The van der Waals surface area contributed by atoms with Crippen LogP contribution < -0.4 is 14.5 Å². The maximum atomic E-state index is 13.4. The summed E-state index contributed by atoms with van der Waals surface area (Å²) in [6.07, 6.45) is 1.32. The minimum Gasteiger partial charge on any atom is -0.504 e. The van der Waals surface area contributed by atoms with Gasteiger partial charge in [-0.15, -0.1) is 0 Å². The van der Waals surface area contributed by atoms with Crippen LogP contribution >= 0.6 is 0 Å². The molecule has 0 atom stereocenters. The maximum absolute atomic E-state index is 13.4. The molecule has 0 bridgehead atoms. The van der Waals surface area contributed by atoms with Crippen LogP contribution in [0.4, 0.5) is 10.1 Å². The number of hydrazone groups is 1. The van der Waals surface area contributed by atoms with E-state index in [2.05, 4.69) is 10.5 Å². The molecule has 0 aliphatic carbocycles. The Morgan fingerprint density at radius 3 is 2.42 bits per heavy atom. The summed E-state index contributed by atoms with van der Waals surface area (Å²) in [6, 6.07) is 15.4. The summed E-state index contributed by atoms with van der Waals surface area (Å²) in [5.74, 6) is -1.06. The van der Waals surface area contributed by atoms with Crippen molar-refractivity contribution in [2.75, 3.05) is 18.0 Å². The molecule has 10 heteroatoms. The number of hydrogen-bond donors (Lipinski definition) is 2. The van der Waals surface area contributed by atoms with Gasteiger partial charge in [-0.1, -0.05) is 17.7 Å². The van der Waals surface area contributed by atoms with E-state index in [4.69, 9.17) is 4.74 Å². The van der Waals surface area contributed by atoms with Gasteiger partial charge in [0, 0.05) is 0 Å². The van der Waals surface area contributed by atoms with E-state index in [9.17, 15) is 22.7 Å². The molecule has 0 unspecified atom stereocenters. The number of nitrogens with one attached hydrogen (secondary N) is 1. The zero-order valence-corrected chi connectivity index (χ0v) is 18.7. The molecule has 0 saturated heterocycles. The lowest BCUT2D eigenvalue weighted by molar-refractivity contribution is -0.119. The lowest BCUT2D eigenvalue weighted by Crippen LogP contribution is -2.39. The highest BCUT2D eigenvalue weighted by molar-refractivity contribution is 7.92. The molecule has 0 fully saturated rings. The fourth-order valence-electron chi connectivity index (χ4n) is 2.88. The molecule has 0 aliphatic rings.